The maximum atomic E-state index is 13.4. The molecular formula is C40H40O10. The number of benzene rings is 4. The first-order valence-corrected chi connectivity index (χ1v) is 16.6. The first-order chi connectivity index (χ1) is 24.6. The number of ketones is 1. The molecule has 4 aromatic carbocycles. The summed E-state index contributed by atoms with van der Waals surface area (Å²) in [6, 6.07) is 27.6. The summed E-state index contributed by atoms with van der Waals surface area (Å²) < 4.78 is 0. The van der Waals surface area contributed by atoms with Gasteiger partial charge in [0.15, 0.2) is 18.2 Å². The largest absolute Gasteiger partial charge is 0.298 e. The maximum absolute atomic E-state index is 13.4. The molecule has 0 saturated heterocycles. The molecule has 0 radical (unpaired) electrons. The minimum absolute atomic E-state index is 0.0157. The Balaban J connectivity index is 1.36. The zero-order chi connectivity index (χ0) is 35.6. The molecule has 0 aliphatic carbocycles. The molecule has 3 unspecified atom stereocenters. The summed E-state index contributed by atoms with van der Waals surface area (Å²) in [7, 11) is 0. The standard InChI is InChI=1S/C40H40O10/c1-2-3-18-37(33-19-8-4-14-29(33)25-41)38(34-20-9-5-15-30(34)26-42)23-12-13-24-46-48-50-49-47-40(36-22-11-7-17-32(36)28-44)39(45)35-21-10-6-16-31(35)27-43/h4-11,14-17,19-22,25-28,37-38,40H,2-3,12-13,18,23-24H2,1H3. The van der Waals surface area contributed by atoms with E-state index in [4.69, 9.17) is 14.8 Å². The Morgan fingerprint density at radius 2 is 1.04 bits per heavy atom. The average molecular weight is 681 g/mol. The van der Waals surface area contributed by atoms with Crippen molar-refractivity contribution >= 4 is 30.9 Å². The predicted molar refractivity (Wildman–Crippen MR) is 184 cm³/mol. The highest BCUT2D eigenvalue weighted by Gasteiger charge is 2.30. The lowest BCUT2D eigenvalue weighted by molar-refractivity contribution is -0.712. The van der Waals surface area contributed by atoms with Crippen LogP contribution in [0.1, 0.15) is 132 Å². The Kier molecular flexibility index (Phi) is 15.5. The van der Waals surface area contributed by atoms with Crippen LogP contribution in [0.3, 0.4) is 0 Å². The van der Waals surface area contributed by atoms with Crippen LogP contribution in [0.25, 0.3) is 0 Å². The van der Waals surface area contributed by atoms with Gasteiger partial charge in [-0.2, -0.15) is 4.89 Å². The third kappa shape index (κ3) is 10.0. The van der Waals surface area contributed by atoms with Gasteiger partial charge in [-0.3, -0.25) is 24.0 Å². The van der Waals surface area contributed by atoms with Crippen molar-refractivity contribution in [1.29, 1.82) is 0 Å². The highest BCUT2D eigenvalue weighted by atomic mass is 17.8. The van der Waals surface area contributed by atoms with Gasteiger partial charge in [-0.15, -0.1) is 0 Å². The first kappa shape index (κ1) is 37.8. The molecular weight excluding hydrogens is 640 g/mol. The number of Topliss-reactive ketones (excluding diaryl/α,β-unsaturated/α-hetero) is 1. The van der Waals surface area contributed by atoms with Crippen LogP contribution in [-0.2, 0) is 24.9 Å². The van der Waals surface area contributed by atoms with Crippen molar-refractivity contribution in [3.8, 4) is 0 Å². The van der Waals surface area contributed by atoms with Gasteiger partial charge in [-0.1, -0.05) is 123 Å². The molecule has 3 atom stereocenters. The average Bonchev–Trinajstić information content (AvgIpc) is 3.17. The lowest BCUT2D eigenvalue weighted by atomic mass is 9.74. The van der Waals surface area contributed by atoms with E-state index in [2.05, 4.69) is 17.0 Å². The van der Waals surface area contributed by atoms with Gasteiger partial charge in [0.1, 0.15) is 18.9 Å². The summed E-state index contributed by atoms with van der Waals surface area (Å²) in [6.07, 6.45) is 6.16. The molecule has 0 heterocycles. The molecule has 0 aliphatic heterocycles. The summed E-state index contributed by atoms with van der Waals surface area (Å²) in [6.45, 7) is 2.24. The van der Waals surface area contributed by atoms with E-state index in [0.717, 1.165) is 43.0 Å². The summed E-state index contributed by atoms with van der Waals surface area (Å²) >= 11 is 0. The van der Waals surface area contributed by atoms with Gasteiger partial charge in [0, 0.05) is 33.4 Å². The van der Waals surface area contributed by atoms with Crippen molar-refractivity contribution in [2.24, 2.45) is 0 Å². The summed E-state index contributed by atoms with van der Waals surface area (Å²) in [5, 5.41) is 13.9. The quantitative estimate of drug-likeness (QED) is 0.0247. The van der Waals surface area contributed by atoms with Gasteiger partial charge in [0.2, 0.25) is 0 Å². The third-order valence-corrected chi connectivity index (χ3v) is 8.63. The van der Waals surface area contributed by atoms with Crippen LogP contribution < -0.4 is 0 Å². The summed E-state index contributed by atoms with van der Waals surface area (Å²) in [5.74, 6) is -0.668. The molecule has 50 heavy (non-hydrogen) atoms. The molecule has 0 saturated carbocycles. The van der Waals surface area contributed by atoms with Crippen LogP contribution in [0.2, 0.25) is 0 Å². The molecule has 10 heteroatoms. The number of hydrogen-bond donors (Lipinski definition) is 0. The van der Waals surface area contributed by atoms with Crippen molar-refractivity contribution in [2.75, 3.05) is 6.61 Å². The highest BCUT2D eigenvalue weighted by molar-refractivity contribution is 6.06. The second-order valence-electron chi connectivity index (χ2n) is 11.7. The molecule has 4 aromatic rings. The Bertz CT molecular complexity index is 1720. The van der Waals surface area contributed by atoms with Gasteiger partial charge >= 0.3 is 0 Å². The Morgan fingerprint density at radius 1 is 0.560 bits per heavy atom. The molecule has 10 nitrogen and oxygen atoms in total. The van der Waals surface area contributed by atoms with E-state index in [-0.39, 0.29) is 40.7 Å². The van der Waals surface area contributed by atoms with E-state index in [1.807, 2.05) is 48.5 Å². The molecule has 0 amide bonds. The second kappa shape index (κ2) is 20.5. The molecule has 260 valence electrons. The van der Waals surface area contributed by atoms with Crippen LogP contribution in [0, 0.1) is 0 Å². The van der Waals surface area contributed by atoms with Gasteiger partial charge in [0.25, 0.3) is 0 Å². The fourth-order valence-corrected chi connectivity index (χ4v) is 6.19. The van der Waals surface area contributed by atoms with Crippen molar-refractivity contribution in [2.45, 2.75) is 63.4 Å². The SMILES string of the molecule is CCCCC(c1ccccc1C=O)C(CCCCOOOOOC(C(=O)c1ccccc1C=O)c1ccccc1C=O)c1ccccc1C=O. The lowest BCUT2D eigenvalue weighted by Gasteiger charge is -2.30. The van der Waals surface area contributed by atoms with Gasteiger partial charge in [-0.25, -0.2) is 4.89 Å². The molecule has 0 aliphatic rings. The van der Waals surface area contributed by atoms with E-state index < -0.39 is 11.9 Å². The van der Waals surface area contributed by atoms with Crippen LogP contribution in [-0.4, -0.2) is 37.5 Å². The van der Waals surface area contributed by atoms with Gasteiger partial charge < -0.3 is 0 Å². The van der Waals surface area contributed by atoms with Crippen molar-refractivity contribution in [3.05, 3.63) is 142 Å². The normalized spacial score (nSPS) is 12.8. The van der Waals surface area contributed by atoms with Crippen LogP contribution >= 0.6 is 0 Å². The number of hydrogen-bond acceptors (Lipinski definition) is 10. The highest BCUT2D eigenvalue weighted by Crippen LogP contribution is 2.42. The fourth-order valence-electron chi connectivity index (χ4n) is 6.19. The Hall–Kier alpha value is -4.97. The first-order valence-electron chi connectivity index (χ1n) is 16.6. The Morgan fingerprint density at radius 3 is 1.60 bits per heavy atom. The smallest absolute Gasteiger partial charge is 0.200 e. The van der Waals surface area contributed by atoms with E-state index in [1.165, 1.54) is 24.3 Å². The molecule has 0 N–H and O–H groups in total. The Labute approximate surface area is 291 Å². The van der Waals surface area contributed by atoms with E-state index in [1.54, 1.807) is 24.3 Å². The fraction of sp³-hybridized carbons (Fsp3) is 0.275. The summed E-state index contributed by atoms with van der Waals surface area (Å²) in [5.41, 5.74) is 3.73. The van der Waals surface area contributed by atoms with E-state index in [9.17, 15) is 24.0 Å². The monoisotopic (exact) mass is 680 g/mol. The lowest BCUT2D eigenvalue weighted by Crippen LogP contribution is -2.20. The third-order valence-electron chi connectivity index (χ3n) is 8.63. The zero-order valence-corrected chi connectivity index (χ0v) is 27.8. The number of rotatable bonds is 23. The molecule has 0 fully saturated rings. The maximum Gasteiger partial charge on any atom is 0.200 e. The number of carbonyl (C=O) groups excluding carboxylic acids is 5. The van der Waals surface area contributed by atoms with Gasteiger partial charge in [0.05, 0.1) is 6.61 Å². The van der Waals surface area contributed by atoms with Crippen LogP contribution in [0.5, 0.6) is 0 Å². The second-order valence-corrected chi connectivity index (χ2v) is 11.7. The van der Waals surface area contributed by atoms with Gasteiger partial charge in [-0.05, 0) is 57.3 Å². The topological polar surface area (TPSA) is 132 Å². The summed E-state index contributed by atoms with van der Waals surface area (Å²) in [4.78, 5) is 71.0. The van der Waals surface area contributed by atoms with Crippen molar-refractivity contribution < 1.29 is 48.9 Å². The minimum Gasteiger partial charge on any atom is -0.298 e. The van der Waals surface area contributed by atoms with Crippen molar-refractivity contribution in [3.63, 3.8) is 0 Å². The van der Waals surface area contributed by atoms with Crippen molar-refractivity contribution in [1.82, 2.24) is 0 Å². The molecule has 4 rings (SSSR count). The molecule has 0 bridgehead atoms. The van der Waals surface area contributed by atoms with E-state index in [0.29, 0.717) is 43.0 Å². The zero-order valence-electron chi connectivity index (χ0n) is 27.8. The van der Waals surface area contributed by atoms with E-state index >= 15 is 0 Å². The number of unbranched alkanes of at least 4 members (excludes halogenated alkanes) is 2. The number of carbonyl (C=O) groups is 5. The van der Waals surface area contributed by atoms with Crippen LogP contribution in [0.4, 0.5) is 0 Å². The number of aldehydes is 4. The minimum atomic E-state index is -1.47. The molecule has 0 aromatic heterocycles. The molecule has 0 spiro atoms. The van der Waals surface area contributed by atoms with Crippen LogP contribution in [0.15, 0.2) is 97.1 Å². The predicted octanol–water partition coefficient (Wildman–Crippen LogP) is 8.53.